The molecular weight excluding hydrogens is 314 g/mol. The van der Waals surface area contributed by atoms with Gasteiger partial charge < -0.3 is 10.4 Å². The number of benzene rings is 1. The number of fused-ring (bicyclic) bond motifs is 1. The third-order valence-electron chi connectivity index (χ3n) is 4.69. The van der Waals surface area contributed by atoms with Crippen LogP contribution in [-0.2, 0) is 12.0 Å². The predicted molar refractivity (Wildman–Crippen MR) is 97.7 cm³/mol. The minimum Gasteiger partial charge on any atom is -0.390 e. The number of carbonyl (C=O) groups excluding carboxylic acids is 1. The minimum atomic E-state index is -0.601. The molecule has 0 fully saturated rings. The van der Waals surface area contributed by atoms with Gasteiger partial charge in [0.25, 0.3) is 5.91 Å². The number of aliphatic hydroxyl groups is 1. The number of aromatic nitrogens is 2. The van der Waals surface area contributed by atoms with Crippen LogP contribution < -0.4 is 5.32 Å². The Hall–Kier alpha value is -2.14. The molecule has 5 nitrogen and oxygen atoms in total. The molecule has 1 aliphatic rings. The van der Waals surface area contributed by atoms with Crippen molar-refractivity contribution in [3.63, 3.8) is 0 Å². The highest BCUT2D eigenvalue weighted by molar-refractivity contribution is 5.92. The molecule has 2 N–H and O–H groups in total. The van der Waals surface area contributed by atoms with Crippen molar-refractivity contribution in [2.24, 2.45) is 0 Å². The Morgan fingerprint density at radius 1 is 1.32 bits per heavy atom. The SMILES string of the molecule is CC(C)c1cc(C(=O)N[C@@H]2c3ccccc3C[C@@H]2O)nn1C(C)(C)C. The highest BCUT2D eigenvalue weighted by atomic mass is 16.3. The zero-order valence-electron chi connectivity index (χ0n) is 15.6. The Morgan fingerprint density at radius 2 is 2.00 bits per heavy atom. The quantitative estimate of drug-likeness (QED) is 0.901. The van der Waals surface area contributed by atoms with Gasteiger partial charge >= 0.3 is 0 Å². The lowest BCUT2D eigenvalue weighted by atomic mass is 10.1. The first-order valence-corrected chi connectivity index (χ1v) is 8.85. The lowest BCUT2D eigenvalue weighted by molar-refractivity contribution is 0.0852. The average Bonchev–Trinajstić information content (AvgIpc) is 3.10. The molecule has 0 unspecified atom stereocenters. The number of amides is 1. The fourth-order valence-electron chi connectivity index (χ4n) is 3.42. The summed E-state index contributed by atoms with van der Waals surface area (Å²) in [5.41, 5.74) is 3.31. The van der Waals surface area contributed by atoms with E-state index in [1.165, 1.54) is 0 Å². The van der Waals surface area contributed by atoms with E-state index in [0.717, 1.165) is 16.8 Å². The predicted octanol–water partition coefficient (Wildman–Crippen LogP) is 3.15. The lowest BCUT2D eigenvalue weighted by Gasteiger charge is -2.23. The van der Waals surface area contributed by atoms with Crippen LogP contribution in [0, 0.1) is 0 Å². The maximum Gasteiger partial charge on any atom is 0.272 e. The van der Waals surface area contributed by atoms with E-state index >= 15 is 0 Å². The molecule has 0 bridgehead atoms. The molecule has 5 heteroatoms. The Labute approximate surface area is 149 Å². The van der Waals surface area contributed by atoms with E-state index in [1.807, 2.05) is 35.0 Å². The maximum atomic E-state index is 12.8. The molecule has 1 aliphatic carbocycles. The number of carbonyl (C=O) groups is 1. The monoisotopic (exact) mass is 341 g/mol. The van der Waals surface area contributed by atoms with Crippen LogP contribution in [0.2, 0.25) is 0 Å². The van der Waals surface area contributed by atoms with Crippen molar-refractivity contribution in [2.75, 3.05) is 0 Å². The van der Waals surface area contributed by atoms with Crippen molar-refractivity contribution in [3.8, 4) is 0 Å². The van der Waals surface area contributed by atoms with Gasteiger partial charge in [-0.2, -0.15) is 5.10 Å². The molecule has 2 atom stereocenters. The molecule has 3 rings (SSSR count). The van der Waals surface area contributed by atoms with Crippen molar-refractivity contribution in [1.82, 2.24) is 15.1 Å². The Bertz CT molecular complexity index is 786. The van der Waals surface area contributed by atoms with Gasteiger partial charge in [0.05, 0.1) is 17.7 Å². The van der Waals surface area contributed by atoms with E-state index in [9.17, 15) is 9.90 Å². The van der Waals surface area contributed by atoms with E-state index in [-0.39, 0.29) is 23.4 Å². The summed E-state index contributed by atoms with van der Waals surface area (Å²) in [5.74, 6) is 0.0247. The van der Waals surface area contributed by atoms with E-state index in [1.54, 1.807) is 0 Å². The number of rotatable bonds is 3. The standard InChI is InChI=1S/C20H27N3O2/c1-12(2)16-11-15(22-23(16)20(3,4)5)19(25)21-18-14-9-7-6-8-13(14)10-17(18)24/h6-9,11-12,17-18,24H,10H2,1-5H3,(H,21,25)/t17-,18+/m0/s1. The second kappa shape index (κ2) is 6.30. The van der Waals surface area contributed by atoms with Gasteiger partial charge in [0.1, 0.15) is 5.69 Å². The molecule has 0 radical (unpaired) electrons. The molecule has 1 heterocycles. The van der Waals surface area contributed by atoms with Gasteiger partial charge in [-0.3, -0.25) is 9.48 Å². The van der Waals surface area contributed by atoms with Gasteiger partial charge in [0.15, 0.2) is 0 Å². The van der Waals surface area contributed by atoms with Crippen molar-refractivity contribution < 1.29 is 9.90 Å². The zero-order chi connectivity index (χ0) is 18.4. The van der Waals surface area contributed by atoms with E-state index in [2.05, 4.69) is 45.0 Å². The van der Waals surface area contributed by atoms with Crippen LogP contribution in [0.15, 0.2) is 30.3 Å². The number of nitrogens with zero attached hydrogens (tertiary/aromatic N) is 2. The average molecular weight is 341 g/mol. The first-order valence-electron chi connectivity index (χ1n) is 8.85. The fraction of sp³-hybridized carbons (Fsp3) is 0.500. The van der Waals surface area contributed by atoms with Crippen molar-refractivity contribution >= 4 is 5.91 Å². The summed E-state index contributed by atoms with van der Waals surface area (Å²) in [6.45, 7) is 10.4. The topological polar surface area (TPSA) is 67.2 Å². The van der Waals surface area contributed by atoms with Crippen LogP contribution in [0.25, 0.3) is 0 Å². The Kier molecular flexibility index (Phi) is 4.45. The smallest absolute Gasteiger partial charge is 0.272 e. The van der Waals surface area contributed by atoms with Crippen LogP contribution in [0.5, 0.6) is 0 Å². The second-order valence-electron chi connectivity index (χ2n) is 8.11. The molecule has 25 heavy (non-hydrogen) atoms. The Balaban J connectivity index is 1.87. The van der Waals surface area contributed by atoms with Crippen molar-refractivity contribution in [2.45, 2.75) is 64.6 Å². The number of hydrogen-bond acceptors (Lipinski definition) is 3. The third-order valence-corrected chi connectivity index (χ3v) is 4.69. The molecule has 0 spiro atoms. The molecular formula is C20H27N3O2. The summed E-state index contributed by atoms with van der Waals surface area (Å²) in [7, 11) is 0. The highest BCUT2D eigenvalue weighted by Gasteiger charge is 2.33. The maximum absolute atomic E-state index is 12.8. The van der Waals surface area contributed by atoms with Crippen LogP contribution in [0.4, 0.5) is 0 Å². The summed E-state index contributed by atoms with van der Waals surface area (Å²) < 4.78 is 1.92. The number of aliphatic hydroxyl groups excluding tert-OH is 1. The summed E-state index contributed by atoms with van der Waals surface area (Å²) in [4.78, 5) is 12.8. The van der Waals surface area contributed by atoms with Crippen molar-refractivity contribution in [1.29, 1.82) is 0 Å². The van der Waals surface area contributed by atoms with Crippen LogP contribution in [0.3, 0.4) is 0 Å². The molecule has 1 aromatic carbocycles. The first kappa shape index (κ1) is 17.7. The summed E-state index contributed by atoms with van der Waals surface area (Å²) >= 11 is 0. The van der Waals surface area contributed by atoms with E-state index < -0.39 is 6.10 Å². The third kappa shape index (κ3) is 3.33. The zero-order valence-corrected chi connectivity index (χ0v) is 15.6. The Morgan fingerprint density at radius 3 is 2.60 bits per heavy atom. The highest BCUT2D eigenvalue weighted by Crippen LogP contribution is 2.31. The fourth-order valence-corrected chi connectivity index (χ4v) is 3.42. The van der Waals surface area contributed by atoms with Gasteiger partial charge in [-0.05, 0) is 43.9 Å². The second-order valence-corrected chi connectivity index (χ2v) is 8.11. The summed E-state index contributed by atoms with van der Waals surface area (Å²) in [6.07, 6.45) is -0.0370. The number of hydrogen-bond donors (Lipinski definition) is 2. The van der Waals surface area contributed by atoms with Crippen LogP contribution >= 0.6 is 0 Å². The summed E-state index contributed by atoms with van der Waals surface area (Å²) in [5, 5.41) is 17.9. The van der Waals surface area contributed by atoms with Gasteiger partial charge in [-0.1, -0.05) is 38.1 Å². The van der Waals surface area contributed by atoms with Crippen molar-refractivity contribution in [3.05, 3.63) is 52.8 Å². The molecule has 134 valence electrons. The van der Waals surface area contributed by atoms with Crippen LogP contribution in [0.1, 0.15) is 73.9 Å². The summed E-state index contributed by atoms with van der Waals surface area (Å²) in [6, 6.07) is 9.32. The number of nitrogens with one attached hydrogen (secondary N) is 1. The molecule has 0 aliphatic heterocycles. The normalized spacial score (nSPS) is 20.0. The largest absolute Gasteiger partial charge is 0.390 e. The molecule has 2 aromatic rings. The first-order chi connectivity index (χ1) is 11.7. The molecule has 0 saturated heterocycles. The van der Waals surface area contributed by atoms with Gasteiger partial charge in [0, 0.05) is 12.1 Å². The van der Waals surface area contributed by atoms with Crippen LogP contribution in [-0.4, -0.2) is 26.9 Å². The van der Waals surface area contributed by atoms with E-state index in [4.69, 9.17) is 0 Å². The van der Waals surface area contributed by atoms with Gasteiger partial charge in [0.2, 0.25) is 0 Å². The van der Waals surface area contributed by atoms with E-state index in [0.29, 0.717) is 12.1 Å². The minimum absolute atomic E-state index is 0.197. The molecule has 1 aromatic heterocycles. The molecule has 0 saturated carbocycles. The lowest BCUT2D eigenvalue weighted by Crippen LogP contribution is -2.34. The van der Waals surface area contributed by atoms with Gasteiger partial charge in [-0.15, -0.1) is 0 Å². The molecule has 1 amide bonds. The van der Waals surface area contributed by atoms with Gasteiger partial charge in [-0.25, -0.2) is 0 Å².